The Bertz CT molecular complexity index is 500. The van der Waals surface area contributed by atoms with Crippen molar-refractivity contribution in [3.8, 4) is 5.75 Å². The Morgan fingerprint density at radius 2 is 2.05 bits per heavy atom. The van der Waals surface area contributed by atoms with Gasteiger partial charge >= 0.3 is 5.97 Å². The number of nitrogens with one attached hydrogen (secondary N) is 1. The summed E-state index contributed by atoms with van der Waals surface area (Å²) in [5.74, 6) is -0.858. The number of carbonyl (C=O) groups is 2. The van der Waals surface area contributed by atoms with Gasteiger partial charge in [0, 0.05) is 17.7 Å². The molecule has 1 amide bonds. The molecule has 1 aliphatic rings. The summed E-state index contributed by atoms with van der Waals surface area (Å²) in [6.07, 6.45) is 2.62. The van der Waals surface area contributed by atoms with Gasteiger partial charge in [0.2, 0.25) is 5.91 Å². The lowest BCUT2D eigenvalue weighted by atomic mass is 9.81. The number of amides is 1. The average molecular weight is 277 g/mol. The molecule has 0 bridgehead atoms. The van der Waals surface area contributed by atoms with Crippen LogP contribution in [0.4, 0.5) is 5.69 Å². The van der Waals surface area contributed by atoms with Crippen LogP contribution < -0.4 is 10.1 Å². The quantitative estimate of drug-likeness (QED) is 0.886. The lowest BCUT2D eigenvalue weighted by Crippen LogP contribution is -2.30. The van der Waals surface area contributed by atoms with Crippen LogP contribution in [-0.2, 0) is 9.59 Å². The molecule has 1 saturated carbocycles. The second-order valence-corrected chi connectivity index (χ2v) is 5.12. The van der Waals surface area contributed by atoms with Crippen LogP contribution in [0.1, 0.15) is 25.7 Å². The van der Waals surface area contributed by atoms with Gasteiger partial charge in [-0.05, 0) is 31.4 Å². The minimum Gasteiger partial charge on any atom is -0.497 e. The van der Waals surface area contributed by atoms with Gasteiger partial charge in [0.1, 0.15) is 5.75 Å². The Morgan fingerprint density at radius 1 is 1.30 bits per heavy atom. The zero-order chi connectivity index (χ0) is 14.5. The van der Waals surface area contributed by atoms with Gasteiger partial charge in [-0.3, -0.25) is 9.59 Å². The average Bonchev–Trinajstić information content (AvgIpc) is 2.47. The number of carboxylic acids is 1. The first-order chi connectivity index (χ1) is 9.60. The second-order valence-electron chi connectivity index (χ2n) is 5.12. The lowest BCUT2D eigenvalue weighted by Gasteiger charge is -2.25. The monoisotopic (exact) mass is 277 g/mol. The first-order valence-electron chi connectivity index (χ1n) is 6.78. The molecule has 0 spiro atoms. The van der Waals surface area contributed by atoms with Gasteiger partial charge in [0.05, 0.1) is 13.0 Å². The molecular formula is C15H19NO4. The molecule has 1 aromatic carbocycles. The molecule has 1 fully saturated rings. The lowest BCUT2D eigenvalue weighted by molar-refractivity contribution is -0.143. The summed E-state index contributed by atoms with van der Waals surface area (Å²) >= 11 is 0. The molecule has 0 aliphatic heterocycles. The number of benzene rings is 1. The van der Waals surface area contributed by atoms with Gasteiger partial charge in [0.25, 0.3) is 0 Å². The summed E-state index contributed by atoms with van der Waals surface area (Å²) in [5.41, 5.74) is 0.673. The summed E-state index contributed by atoms with van der Waals surface area (Å²) in [4.78, 5) is 23.2. The van der Waals surface area contributed by atoms with E-state index in [1.807, 2.05) is 0 Å². The Morgan fingerprint density at radius 3 is 2.75 bits per heavy atom. The van der Waals surface area contributed by atoms with Crippen LogP contribution in [0.15, 0.2) is 24.3 Å². The molecule has 20 heavy (non-hydrogen) atoms. The number of carboxylic acid groups (broad SMARTS) is 1. The Labute approximate surface area is 117 Å². The molecule has 1 aliphatic carbocycles. The maximum Gasteiger partial charge on any atom is 0.306 e. The van der Waals surface area contributed by atoms with Gasteiger partial charge in [-0.15, -0.1) is 0 Å². The maximum atomic E-state index is 12.2. The van der Waals surface area contributed by atoms with Crippen LogP contribution in [0.25, 0.3) is 0 Å². The highest BCUT2D eigenvalue weighted by molar-refractivity contribution is 5.93. The van der Waals surface area contributed by atoms with Crippen molar-refractivity contribution in [2.45, 2.75) is 25.7 Å². The summed E-state index contributed by atoms with van der Waals surface area (Å²) in [6.45, 7) is 0. The van der Waals surface area contributed by atoms with Crippen LogP contribution in [0.2, 0.25) is 0 Å². The molecule has 0 saturated heterocycles. The van der Waals surface area contributed by atoms with E-state index in [1.54, 1.807) is 31.4 Å². The van der Waals surface area contributed by atoms with Crippen LogP contribution in [-0.4, -0.2) is 24.1 Å². The van der Waals surface area contributed by atoms with E-state index in [2.05, 4.69) is 5.32 Å². The maximum absolute atomic E-state index is 12.2. The molecule has 1 aromatic rings. The van der Waals surface area contributed by atoms with Crippen molar-refractivity contribution in [1.29, 1.82) is 0 Å². The third-order valence-corrected chi connectivity index (χ3v) is 3.73. The van der Waals surface area contributed by atoms with Crippen molar-refractivity contribution in [3.63, 3.8) is 0 Å². The molecule has 2 atom stereocenters. The molecular weight excluding hydrogens is 258 g/mol. The van der Waals surface area contributed by atoms with E-state index in [0.717, 1.165) is 12.8 Å². The van der Waals surface area contributed by atoms with Gasteiger partial charge in [-0.2, -0.15) is 0 Å². The SMILES string of the molecule is COc1cccc(NC(=O)C2CCCC(C(=O)O)C2)c1. The van der Waals surface area contributed by atoms with Crippen LogP contribution in [0.3, 0.4) is 0 Å². The highest BCUT2D eigenvalue weighted by Crippen LogP contribution is 2.30. The van der Waals surface area contributed by atoms with E-state index in [9.17, 15) is 9.59 Å². The first kappa shape index (κ1) is 14.4. The smallest absolute Gasteiger partial charge is 0.306 e. The topological polar surface area (TPSA) is 75.6 Å². The van der Waals surface area contributed by atoms with E-state index in [1.165, 1.54) is 0 Å². The molecule has 0 radical (unpaired) electrons. The standard InChI is InChI=1S/C15H19NO4/c1-20-13-7-3-6-12(9-13)16-14(17)10-4-2-5-11(8-10)15(18)19/h3,6-7,9-11H,2,4-5,8H2,1H3,(H,16,17)(H,18,19). The van der Waals surface area contributed by atoms with Gasteiger partial charge < -0.3 is 15.2 Å². The normalized spacial score (nSPS) is 22.1. The number of aliphatic carboxylic acids is 1. The molecule has 2 N–H and O–H groups in total. The fourth-order valence-corrected chi connectivity index (χ4v) is 2.60. The number of hydrogen-bond donors (Lipinski definition) is 2. The van der Waals surface area contributed by atoms with Crippen molar-refractivity contribution < 1.29 is 19.4 Å². The molecule has 5 heteroatoms. The number of methoxy groups -OCH3 is 1. The zero-order valence-electron chi connectivity index (χ0n) is 11.5. The number of hydrogen-bond acceptors (Lipinski definition) is 3. The molecule has 0 aromatic heterocycles. The fourth-order valence-electron chi connectivity index (χ4n) is 2.60. The predicted molar refractivity (Wildman–Crippen MR) is 74.7 cm³/mol. The van der Waals surface area contributed by atoms with Gasteiger partial charge in [-0.25, -0.2) is 0 Å². The molecule has 0 heterocycles. The summed E-state index contributed by atoms with van der Waals surface area (Å²) < 4.78 is 5.10. The van der Waals surface area contributed by atoms with Crippen molar-refractivity contribution in [1.82, 2.24) is 0 Å². The molecule has 5 nitrogen and oxygen atoms in total. The number of anilines is 1. The molecule has 2 rings (SSSR count). The van der Waals surface area contributed by atoms with Crippen molar-refractivity contribution in [3.05, 3.63) is 24.3 Å². The summed E-state index contributed by atoms with van der Waals surface area (Å²) in [5, 5.41) is 11.9. The fraction of sp³-hybridized carbons (Fsp3) is 0.467. The highest BCUT2D eigenvalue weighted by atomic mass is 16.5. The minimum atomic E-state index is -0.802. The van der Waals surface area contributed by atoms with E-state index in [4.69, 9.17) is 9.84 Å². The number of ether oxygens (including phenoxy) is 1. The molecule has 2 unspecified atom stereocenters. The zero-order valence-corrected chi connectivity index (χ0v) is 11.5. The van der Waals surface area contributed by atoms with Crippen molar-refractivity contribution in [2.24, 2.45) is 11.8 Å². The predicted octanol–water partition coefficient (Wildman–Crippen LogP) is 2.52. The highest BCUT2D eigenvalue weighted by Gasteiger charge is 2.30. The van der Waals surface area contributed by atoms with E-state index in [0.29, 0.717) is 24.3 Å². The minimum absolute atomic E-state index is 0.107. The van der Waals surface area contributed by atoms with E-state index >= 15 is 0 Å². The summed E-state index contributed by atoms with van der Waals surface area (Å²) in [6, 6.07) is 7.14. The Balaban J connectivity index is 1.98. The Kier molecular flexibility index (Phi) is 4.61. The number of rotatable bonds is 4. The van der Waals surface area contributed by atoms with Crippen molar-refractivity contribution >= 4 is 17.6 Å². The first-order valence-corrected chi connectivity index (χ1v) is 6.78. The third-order valence-electron chi connectivity index (χ3n) is 3.73. The summed E-state index contributed by atoms with van der Waals surface area (Å²) in [7, 11) is 1.57. The molecule has 108 valence electrons. The van der Waals surface area contributed by atoms with Crippen molar-refractivity contribution in [2.75, 3.05) is 12.4 Å². The largest absolute Gasteiger partial charge is 0.497 e. The van der Waals surface area contributed by atoms with Crippen LogP contribution in [0.5, 0.6) is 5.75 Å². The van der Waals surface area contributed by atoms with E-state index < -0.39 is 11.9 Å². The second kappa shape index (κ2) is 6.41. The number of carbonyl (C=O) groups excluding carboxylic acids is 1. The van der Waals surface area contributed by atoms with E-state index in [-0.39, 0.29) is 11.8 Å². The Hall–Kier alpha value is -2.04. The van der Waals surface area contributed by atoms with Gasteiger partial charge in [0.15, 0.2) is 0 Å². The third kappa shape index (κ3) is 3.50. The van der Waals surface area contributed by atoms with Gasteiger partial charge in [-0.1, -0.05) is 12.5 Å². The van der Waals surface area contributed by atoms with Crippen LogP contribution >= 0.6 is 0 Å². The van der Waals surface area contributed by atoms with Crippen LogP contribution in [0, 0.1) is 11.8 Å².